The Hall–Kier alpha value is -1.33. The third kappa shape index (κ3) is 4.01. The van der Waals surface area contributed by atoms with Crippen molar-refractivity contribution in [2.24, 2.45) is 0 Å². The molecule has 0 saturated carbocycles. The van der Waals surface area contributed by atoms with Crippen molar-refractivity contribution in [3.8, 4) is 0 Å². The van der Waals surface area contributed by atoms with Crippen LogP contribution in [-0.4, -0.2) is 58.0 Å². The highest BCUT2D eigenvalue weighted by Crippen LogP contribution is 2.42. The monoisotopic (exact) mass is 366 g/mol. The molecule has 5 atom stereocenters. The molecule has 0 amide bonds. The third-order valence-corrected chi connectivity index (χ3v) is 4.27. The number of hydrogen-bond acceptors (Lipinski definition) is 7. The molecule has 0 unspecified atom stereocenters. The minimum Gasteiger partial charge on any atom is -0.376 e. The van der Waals surface area contributed by atoms with E-state index in [0.717, 1.165) is 10.6 Å². The van der Waals surface area contributed by atoms with Gasteiger partial charge in [-0.2, -0.15) is 0 Å². The number of phosphoric ester groups is 1. The van der Waals surface area contributed by atoms with E-state index in [4.69, 9.17) is 24.0 Å². The van der Waals surface area contributed by atoms with Crippen LogP contribution in [0, 0.1) is 0 Å². The normalized spacial score (nSPS) is 28.9. The smallest absolute Gasteiger partial charge is 0.376 e. The SMILES string of the molecule is CO[C@H]1[C@@H]([C@H](C)OP(=O)(O)O)O[C@@H](n2ccc(=O)[nH]c2=O)[C@H]1OC. The fourth-order valence-electron chi connectivity index (χ4n) is 2.69. The highest BCUT2D eigenvalue weighted by molar-refractivity contribution is 7.46. The highest BCUT2D eigenvalue weighted by atomic mass is 31.2. The molecule has 24 heavy (non-hydrogen) atoms. The third-order valence-electron chi connectivity index (χ3n) is 3.66. The number of aromatic nitrogens is 2. The van der Waals surface area contributed by atoms with Crippen molar-refractivity contribution >= 4 is 7.82 Å². The predicted molar refractivity (Wildman–Crippen MR) is 79.4 cm³/mol. The van der Waals surface area contributed by atoms with E-state index in [2.05, 4.69) is 9.51 Å². The van der Waals surface area contributed by atoms with Crippen molar-refractivity contribution in [2.75, 3.05) is 14.2 Å². The van der Waals surface area contributed by atoms with Gasteiger partial charge in [-0.05, 0) is 6.92 Å². The Kier molecular flexibility index (Phi) is 5.76. The van der Waals surface area contributed by atoms with Crippen LogP contribution in [0.25, 0.3) is 0 Å². The zero-order chi connectivity index (χ0) is 18.1. The standard InChI is InChI=1S/C12H19N2O9P/c1-6(23-24(17,18)19)8-9(20-2)10(21-3)11(22-8)14-5-4-7(15)13-12(14)16/h4-6,8-11H,1-3H3,(H,13,15,16)(H2,17,18,19)/t6-,8+,9-,10-,11+/m0/s1. The molecule has 136 valence electrons. The number of rotatable bonds is 6. The van der Waals surface area contributed by atoms with Crippen LogP contribution >= 0.6 is 7.82 Å². The van der Waals surface area contributed by atoms with Gasteiger partial charge < -0.3 is 24.0 Å². The maximum Gasteiger partial charge on any atom is 0.469 e. The van der Waals surface area contributed by atoms with Crippen molar-refractivity contribution in [1.82, 2.24) is 9.55 Å². The van der Waals surface area contributed by atoms with Gasteiger partial charge in [-0.3, -0.25) is 18.9 Å². The minimum atomic E-state index is -4.74. The molecule has 1 aliphatic rings. The van der Waals surface area contributed by atoms with Gasteiger partial charge in [0.25, 0.3) is 5.56 Å². The van der Waals surface area contributed by atoms with E-state index < -0.39 is 49.7 Å². The molecule has 1 fully saturated rings. The van der Waals surface area contributed by atoms with Crippen molar-refractivity contribution in [3.63, 3.8) is 0 Å². The summed E-state index contributed by atoms with van der Waals surface area (Å²) >= 11 is 0. The number of aromatic amines is 1. The molecule has 0 bridgehead atoms. The van der Waals surface area contributed by atoms with E-state index in [9.17, 15) is 14.2 Å². The largest absolute Gasteiger partial charge is 0.469 e. The predicted octanol–water partition coefficient (Wildman–Crippen LogP) is -1.04. The highest BCUT2D eigenvalue weighted by Gasteiger charge is 2.50. The Labute approximate surface area is 136 Å². The van der Waals surface area contributed by atoms with E-state index in [0.29, 0.717) is 0 Å². The average molecular weight is 366 g/mol. The summed E-state index contributed by atoms with van der Waals surface area (Å²) < 4.78 is 33.1. The molecule has 1 aliphatic heterocycles. The van der Waals surface area contributed by atoms with E-state index in [1.54, 1.807) is 0 Å². The van der Waals surface area contributed by atoms with Gasteiger partial charge in [-0.1, -0.05) is 0 Å². The first-order chi connectivity index (χ1) is 11.2. The molecule has 2 heterocycles. The number of phosphoric acid groups is 1. The summed E-state index contributed by atoms with van der Waals surface area (Å²) in [5, 5.41) is 0. The number of methoxy groups -OCH3 is 2. The molecule has 1 aromatic heterocycles. The Bertz CT molecular complexity index is 726. The number of hydrogen-bond donors (Lipinski definition) is 3. The van der Waals surface area contributed by atoms with Crippen LogP contribution in [0.5, 0.6) is 0 Å². The molecule has 0 radical (unpaired) electrons. The van der Waals surface area contributed by atoms with Crippen LogP contribution in [0.2, 0.25) is 0 Å². The number of nitrogens with zero attached hydrogens (tertiary/aromatic N) is 1. The van der Waals surface area contributed by atoms with E-state index in [1.165, 1.54) is 27.3 Å². The lowest BCUT2D eigenvalue weighted by atomic mass is 10.1. The Balaban J connectivity index is 2.35. The topological polar surface area (TPSA) is 149 Å². The lowest BCUT2D eigenvalue weighted by Gasteiger charge is -2.25. The lowest BCUT2D eigenvalue weighted by Crippen LogP contribution is -2.41. The van der Waals surface area contributed by atoms with Gasteiger partial charge in [-0.15, -0.1) is 0 Å². The van der Waals surface area contributed by atoms with Gasteiger partial charge in [0.15, 0.2) is 6.23 Å². The molecule has 12 heteroatoms. The molecule has 1 saturated heterocycles. The van der Waals surface area contributed by atoms with Crippen molar-refractivity contribution < 1.29 is 33.1 Å². The fraction of sp³-hybridized carbons (Fsp3) is 0.667. The minimum absolute atomic E-state index is 0.568. The van der Waals surface area contributed by atoms with Crippen molar-refractivity contribution in [3.05, 3.63) is 33.1 Å². The average Bonchev–Trinajstić information content (AvgIpc) is 2.83. The van der Waals surface area contributed by atoms with Gasteiger partial charge in [0.1, 0.15) is 18.3 Å². The van der Waals surface area contributed by atoms with Gasteiger partial charge >= 0.3 is 13.5 Å². The fourth-order valence-corrected chi connectivity index (χ4v) is 3.24. The second kappa shape index (κ2) is 7.28. The maximum atomic E-state index is 12.0. The summed E-state index contributed by atoms with van der Waals surface area (Å²) in [5.41, 5.74) is -1.28. The second-order valence-electron chi connectivity index (χ2n) is 5.21. The summed E-state index contributed by atoms with van der Waals surface area (Å²) in [4.78, 5) is 43.2. The molecule has 2 rings (SSSR count). The first-order valence-corrected chi connectivity index (χ1v) is 8.47. The summed E-state index contributed by atoms with van der Waals surface area (Å²) in [5.74, 6) is 0. The first kappa shape index (κ1) is 19.0. The molecule has 0 aliphatic carbocycles. The Morgan fingerprint density at radius 1 is 1.29 bits per heavy atom. The van der Waals surface area contributed by atoms with Crippen LogP contribution in [0.1, 0.15) is 13.2 Å². The van der Waals surface area contributed by atoms with Crippen molar-refractivity contribution in [2.45, 2.75) is 37.6 Å². The zero-order valence-electron chi connectivity index (χ0n) is 13.2. The van der Waals surface area contributed by atoms with Crippen molar-refractivity contribution in [1.29, 1.82) is 0 Å². The van der Waals surface area contributed by atoms with E-state index >= 15 is 0 Å². The van der Waals surface area contributed by atoms with Gasteiger partial charge in [-0.25, -0.2) is 9.36 Å². The van der Waals surface area contributed by atoms with Gasteiger partial charge in [0.2, 0.25) is 0 Å². The molecule has 3 N–H and O–H groups in total. The number of ether oxygens (including phenoxy) is 3. The molecule has 0 aromatic carbocycles. The van der Waals surface area contributed by atoms with Crippen LogP contribution in [0.3, 0.4) is 0 Å². The summed E-state index contributed by atoms with van der Waals surface area (Å²) in [6.07, 6.45) is -3.24. The number of nitrogens with one attached hydrogen (secondary N) is 1. The number of H-pyrrole nitrogens is 1. The van der Waals surface area contributed by atoms with Gasteiger partial charge in [0, 0.05) is 26.5 Å². The quantitative estimate of drug-likeness (QED) is 0.537. The Morgan fingerprint density at radius 2 is 1.92 bits per heavy atom. The molecule has 0 spiro atoms. The summed E-state index contributed by atoms with van der Waals surface area (Å²) in [6, 6.07) is 1.14. The zero-order valence-corrected chi connectivity index (χ0v) is 14.1. The summed E-state index contributed by atoms with van der Waals surface area (Å²) in [7, 11) is -1.99. The van der Waals surface area contributed by atoms with Crippen LogP contribution < -0.4 is 11.2 Å². The van der Waals surface area contributed by atoms with Crippen LogP contribution in [-0.2, 0) is 23.3 Å². The molecule has 11 nitrogen and oxygen atoms in total. The lowest BCUT2D eigenvalue weighted by molar-refractivity contribution is -0.0832. The second-order valence-corrected chi connectivity index (χ2v) is 6.40. The van der Waals surface area contributed by atoms with E-state index in [-0.39, 0.29) is 0 Å². The molecular weight excluding hydrogens is 347 g/mol. The van der Waals surface area contributed by atoms with Crippen LogP contribution in [0.15, 0.2) is 21.9 Å². The molecule has 1 aromatic rings. The first-order valence-electron chi connectivity index (χ1n) is 6.94. The van der Waals surface area contributed by atoms with Gasteiger partial charge in [0.05, 0.1) is 6.10 Å². The summed E-state index contributed by atoms with van der Waals surface area (Å²) in [6.45, 7) is 1.40. The van der Waals surface area contributed by atoms with E-state index in [1.807, 2.05) is 0 Å². The molecular formula is C12H19N2O9P. The maximum absolute atomic E-state index is 12.0. The Morgan fingerprint density at radius 3 is 2.42 bits per heavy atom. The van der Waals surface area contributed by atoms with Crippen LogP contribution in [0.4, 0.5) is 0 Å².